The van der Waals surface area contributed by atoms with E-state index in [2.05, 4.69) is 21.2 Å². The molecule has 0 spiro atoms. The number of carbonyl (C=O) groups is 1. The molecule has 0 fully saturated rings. The number of nitrogens with one attached hydrogen (secondary N) is 1. The number of methoxy groups -OCH3 is 1. The second kappa shape index (κ2) is 6.22. The highest BCUT2D eigenvalue weighted by Crippen LogP contribution is 2.28. The lowest BCUT2D eigenvalue weighted by Gasteiger charge is -2.11. The number of carbonyl (C=O) groups excluding carboxylic acids is 1. The molecule has 0 radical (unpaired) electrons. The van der Waals surface area contributed by atoms with E-state index in [0.717, 1.165) is 4.47 Å². The number of anilines is 1. The Morgan fingerprint density at radius 2 is 2.05 bits per heavy atom. The van der Waals surface area contributed by atoms with Gasteiger partial charge in [-0.3, -0.25) is 4.79 Å². The third kappa shape index (κ3) is 2.98. The first-order valence-corrected chi connectivity index (χ1v) is 6.59. The molecule has 100 valence electrons. The SMILES string of the molecule is COc1cccc(C#N)c1NC(=O)c1cccc(Br)c1. The molecule has 0 aromatic heterocycles. The third-order valence-corrected chi connectivity index (χ3v) is 3.19. The Labute approximate surface area is 125 Å². The molecule has 4 nitrogen and oxygen atoms in total. The van der Waals surface area contributed by atoms with Crippen molar-refractivity contribution in [3.05, 3.63) is 58.1 Å². The molecule has 2 rings (SSSR count). The van der Waals surface area contributed by atoms with E-state index in [9.17, 15) is 4.79 Å². The normalized spacial score (nSPS) is 9.65. The lowest BCUT2D eigenvalue weighted by atomic mass is 10.1. The smallest absolute Gasteiger partial charge is 0.255 e. The number of amides is 1. The number of halogens is 1. The Hall–Kier alpha value is -2.32. The van der Waals surface area contributed by atoms with Gasteiger partial charge in [0.25, 0.3) is 5.91 Å². The fourth-order valence-corrected chi connectivity index (χ4v) is 2.14. The van der Waals surface area contributed by atoms with Crippen molar-refractivity contribution in [2.75, 3.05) is 12.4 Å². The van der Waals surface area contributed by atoms with Gasteiger partial charge in [0.1, 0.15) is 17.5 Å². The molecule has 0 atom stereocenters. The van der Waals surface area contributed by atoms with Crippen molar-refractivity contribution >= 4 is 27.5 Å². The van der Waals surface area contributed by atoms with Gasteiger partial charge >= 0.3 is 0 Å². The summed E-state index contributed by atoms with van der Waals surface area (Å²) in [6, 6.07) is 14.1. The summed E-state index contributed by atoms with van der Waals surface area (Å²) in [5.74, 6) is 0.152. The molecule has 0 aliphatic rings. The summed E-state index contributed by atoms with van der Waals surface area (Å²) in [6.45, 7) is 0. The van der Waals surface area contributed by atoms with Gasteiger partial charge in [-0.15, -0.1) is 0 Å². The number of ether oxygens (including phenoxy) is 1. The van der Waals surface area contributed by atoms with Crippen molar-refractivity contribution in [3.63, 3.8) is 0 Å². The Kier molecular flexibility index (Phi) is 4.38. The molecule has 20 heavy (non-hydrogen) atoms. The molecule has 0 bridgehead atoms. The topological polar surface area (TPSA) is 62.1 Å². The fourth-order valence-electron chi connectivity index (χ4n) is 1.74. The number of hydrogen-bond donors (Lipinski definition) is 1. The van der Waals surface area contributed by atoms with Crippen molar-refractivity contribution in [1.29, 1.82) is 5.26 Å². The lowest BCUT2D eigenvalue weighted by Crippen LogP contribution is -2.13. The zero-order chi connectivity index (χ0) is 14.5. The second-order valence-corrected chi connectivity index (χ2v) is 4.87. The molecule has 1 N–H and O–H groups in total. The summed E-state index contributed by atoms with van der Waals surface area (Å²) < 4.78 is 5.98. The number of rotatable bonds is 3. The molecule has 1 amide bonds. The molecular formula is C15H11BrN2O2. The van der Waals surface area contributed by atoms with Crippen LogP contribution in [0, 0.1) is 11.3 Å². The van der Waals surface area contributed by atoms with Crippen LogP contribution in [0.2, 0.25) is 0 Å². The summed E-state index contributed by atoms with van der Waals surface area (Å²) >= 11 is 3.32. The van der Waals surface area contributed by atoms with Crippen molar-refractivity contribution in [2.24, 2.45) is 0 Å². The maximum absolute atomic E-state index is 12.2. The van der Waals surface area contributed by atoms with Gasteiger partial charge in [-0.2, -0.15) is 5.26 Å². The maximum atomic E-state index is 12.2. The van der Waals surface area contributed by atoms with Crippen LogP contribution >= 0.6 is 15.9 Å². The predicted molar refractivity (Wildman–Crippen MR) is 79.8 cm³/mol. The van der Waals surface area contributed by atoms with E-state index >= 15 is 0 Å². The summed E-state index contributed by atoms with van der Waals surface area (Å²) in [7, 11) is 1.49. The Morgan fingerprint density at radius 3 is 2.70 bits per heavy atom. The van der Waals surface area contributed by atoms with Gasteiger partial charge in [0, 0.05) is 10.0 Å². The van der Waals surface area contributed by atoms with Crippen LogP contribution in [0.15, 0.2) is 46.9 Å². The highest BCUT2D eigenvalue weighted by atomic mass is 79.9. The van der Waals surface area contributed by atoms with E-state index in [4.69, 9.17) is 10.00 Å². The number of nitrogens with zero attached hydrogens (tertiary/aromatic N) is 1. The summed E-state index contributed by atoms with van der Waals surface area (Å²) in [5.41, 5.74) is 1.23. The number of benzene rings is 2. The standard InChI is InChI=1S/C15H11BrN2O2/c1-20-13-7-3-5-11(9-17)14(13)18-15(19)10-4-2-6-12(16)8-10/h2-8H,1H3,(H,18,19). The van der Waals surface area contributed by atoms with Gasteiger partial charge in [-0.05, 0) is 30.3 Å². The van der Waals surface area contributed by atoms with Crippen molar-refractivity contribution in [3.8, 4) is 11.8 Å². The van der Waals surface area contributed by atoms with E-state index in [-0.39, 0.29) is 5.91 Å². The molecule has 0 heterocycles. The average Bonchev–Trinajstić information content (AvgIpc) is 2.47. The highest BCUT2D eigenvalue weighted by molar-refractivity contribution is 9.10. The molecule has 5 heteroatoms. The largest absolute Gasteiger partial charge is 0.495 e. The van der Waals surface area contributed by atoms with Crippen molar-refractivity contribution in [1.82, 2.24) is 0 Å². The third-order valence-electron chi connectivity index (χ3n) is 2.69. The van der Waals surface area contributed by atoms with Gasteiger partial charge in [-0.25, -0.2) is 0 Å². The van der Waals surface area contributed by atoms with Crippen LogP contribution in [0.3, 0.4) is 0 Å². The molecule has 0 aliphatic heterocycles. The summed E-state index contributed by atoms with van der Waals surface area (Å²) in [5, 5.41) is 11.8. The van der Waals surface area contributed by atoms with Gasteiger partial charge in [-0.1, -0.05) is 28.1 Å². The van der Waals surface area contributed by atoms with Crippen LogP contribution in [0.25, 0.3) is 0 Å². The molecule has 0 saturated heterocycles. The second-order valence-electron chi connectivity index (χ2n) is 3.96. The number of hydrogen-bond acceptors (Lipinski definition) is 3. The van der Waals surface area contributed by atoms with Gasteiger partial charge < -0.3 is 10.1 Å². The summed E-state index contributed by atoms with van der Waals surface area (Å²) in [4.78, 5) is 12.2. The van der Waals surface area contributed by atoms with Crippen LogP contribution in [-0.2, 0) is 0 Å². The van der Waals surface area contributed by atoms with E-state index in [1.54, 1.807) is 36.4 Å². The van der Waals surface area contributed by atoms with Crippen LogP contribution in [0.1, 0.15) is 15.9 Å². The Balaban J connectivity index is 2.35. The highest BCUT2D eigenvalue weighted by Gasteiger charge is 2.13. The van der Waals surface area contributed by atoms with E-state index < -0.39 is 0 Å². The molecule has 0 unspecified atom stereocenters. The van der Waals surface area contributed by atoms with Crippen LogP contribution in [0.4, 0.5) is 5.69 Å². The van der Waals surface area contributed by atoms with Crippen molar-refractivity contribution in [2.45, 2.75) is 0 Å². The quantitative estimate of drug-likeness (QED) is 0.935. The summed E-state index contributed by atoms with van der Waals surface area (Å²) in [6.07, 6.45) is 0. The van der Waals surface area contributed by atoms with E-state index in [0.29, 0.717) is 22.6 Å². The molecule has 0 aliphatic carbocycles. The average molecular weight is 331 g/mol. The zero-order valence-electron chi connectivity index (χ0n) is 10.7. The minimum atomic E-state index is -0.299. The molecular weight excluding hydrogens is 320 g/mol. The lowest BCUT2D eigenvalue weighted by molar-refractivity contribution is 0.102. The van der Waals surface area contributed by atoms with Gasteiger partial charge in [0.05, 0.1) is 12.7 Å². The minimum absolute atomic E-state index is 0.299. The minimum Gasteiger partial charge on any atom is -0.495 e. The Bertz CT molecular complexity index is 693. The molecule has 0 saturated carbocycles. The first kappa shape index (κ1) is 14.1. The number of nitriles is 1. The first-order valence-electron chi connectivity index (χ1n) is 5.79. The number of para-hydroxylation sites is 1. The van der Waals surface area contributed by atoms with Gasteiger partial charge in [0.15, 0.2) is 0 Å². The maximum Gasteiger partial charge on any atom is 0.255 e. The van der Waals surface area contributed by atoms with Gasteiger partial charge in [0.2, 0.25) is 0 Å². The van der Waals surface area contributed by atoms with Crippen LogP contribution < -0.4 is 10.1 Å². The first-order chi connectivity index (χ1) is 9.65. The predicted octanol–water partition coefficient (Wildman–Crippen LogP) is 3.58. The van der Waals surface area contributed by atoms with Crippen molar-refractivity contribution < 1.29 is 9.53 Å². The fraction of sp³-hybridized carbons (Fsp3) is 0.0667. The van der Waals surface area contributed by atoms with Crippen LogP contribution in [-0.4, -0.2) is 13.0 Å². The Morgan fingerprint density at radius 1 is 1.30 bits per heavy atom. The van der Waals surface area contributed by atoms with E-state index in [1.165, 1.54) is 7.11 Å². The molecule has 2 aromatic carbocycles. The molecule has 2 aromatic rings. The zero-order valence-corrected chi connectivity index (χ0v) is 12.3. The monoisotopic (exact) mass is 330 g/mol. The van der Waals surface area contributed by atoms with E-state index in [1.807, 2.05) is 12.1 Å². The van der Waals surface area contributed by atoms with Crippen LogP contribution in [0.5, 0.6) is 5.75 Å².